The Morgan fingerprint density at radius 2 is 2.00 bits per heavy atom. The Hall–Kier alpha value is -2.08. The number of carbonyl (C=O) groups excluding carboxylic acids is 1. The molecule has 2 aliphatic heterocycles. The number of aliphatic hydroxyl groups is 1. The number of nitrogens with zero attached hydrogens (tertiary/aromatic N) is 2. The lowest BCUT2D eigenvalue weighted by Gasteiger charge is -2.30. The predicted molar refractivity (Wildman–Crippen MR) is 76.2 cm³/mol. The molecule has 3 atom stereocenters. The highest BCUT2D eigenvalue weighted by Gasteiger charge is 2.43. The van der Waals surface area contributed by atoms with Crippen LogP contribution >= 0.6 is 0 Å². The minimum Gasteiger partial charge on any atom is -0.480 e. The number of rotatable bonds is 1. The summed E-state index contributed by atoms with van der Waals surface area (Å²) >= 11 is 0. The van der Waals surface area contributed by atoms with Gasteiger partial charge in [0.1, 0.15) is 6.04 Å². The summed E-state index contributed by atoms with van der Waals surface area (Å²) in [6.07, 6.45) is 0.0734. The summed E-state index contributed by atoms with van der Waals surface area (Å²) in [7, 11) is 0. The fraction of sp³-hybridized carbons (Fsp3) is 0.467. The van der Waals surface area contributed by atoms with Crippen molar-refractivity contribution in [2.24, 2.45) is 0 Å². The van der Waals surface area contributed by atoms with Crippen molar-refractivity contribution >= 4 is 17.7 Å². The maximum absolute atomic E-state index is 12.8. The fourth-order valence-electron chi connectivity index (χ4n) is 3.25. The van der Waals surface area contributed by atoms with Gasteiger partial charge in [0, 0.05) is 24.7 Å². The summed E-state index contributed by atoms with van der Waals surface area (Å²) in [6, 6.07) is 6.35. The highest BCUT2D eigenvalue weighted by Crippen LogP contribution is 2.34. The van der Waals surface area contributed by atoms with Crippen LogP contribution in [0.1, 0.15) is 18.9 Å². The molecule has 2 amide bonds. The zero-order valence-corrected chi connectivity index (χ0v) is 11.8. The molecule has 1 fully saturated rings. The first kappa shape index (κ1) is 13.9. The van der Waals surface area contributed by atoms with Crippen LogP contribution in [-0.4, -0.2) is 51.8 Å². The molecule has 0 aromatic heterocycles. The molecule has 0 spiro atoms. The number of aliphatic carboxylic acids is 1. The van der Waals surface area contributed by atoms with Crippen molar-refractivity contribution in [2.45, 2.75) is 38.0 Å². The molecule has 3 rings (SSSR count). The van der Waals surface area contributed by atoms with Gasteiger partial charge in [0.25, 0.3) is 0 Å². The highest BCUT2D eigenvalue weighted by atomic mass is 16.4. The SMILES string of the molecule is CC1Cc2ccccc2N1C(=O)N1C[C@H](O)C[C@H]1C(=O)O. The van der Waals surface area contributed by atoms with Crippen LogP contribution in [0.5, 0.6) is 0 Å². The van der Waals surface area contributed by atoms with Gasteiger partial charge in [-0.05, 0) is 25.0 Å². The van der Waals surface area contributed by atoms with E-state index < -0.39 is 18.1 Å². The number of hydrogen-bond acceptors (Lipinski definition) is 3. The van der Waals surface area contributed by atoms with Gasteiger partial charge in [-0.1, -0.05) is 18.2 Å². The Morgan fingerprint density at radius 3 is 2.71 bits per heavy atom. The molecule has 1 saturated heterocycles. The number of likely N-dealkylation sites (tertiary alicyclic amines) is 1. The van der Waals surface area contributed by atoms with Gasteiger partial charge < -0.3 is 15.1 Å². The minimum absolute atomic E-state index is 0.0120. The molecule has 2 heterocycles. The normalized spacial score (nSPS) is 27.8. The summed E-state index contributed by atoms with van der Waals surface area (Å²) in [4.78, 5) is 27.0. The third kappa shape index (κ3) is 2.25. The van der Waals surface area contributed by atoms with E-state index in [4.69, 9.17) is 0 Å². The van der Waals surface area contributed by atoms with Gasteiger partial charge in [0.2, 0.25) is 0 Å². The first-order valence-corrected chi connectivity index (χ1v) is 7.07. The average Bonchev–Trinajstić information content (AvgIpc) is 2.97. The van der Waals surface area contributed by atoms with Crippen LogP contribution in [0.2, 0.25) is 0 Å². The molecular weight excluding hydrogens is 272 g/mol. The molecule has 1 unspecified atom stereocenters. The Kier molecular flexibility index (Phi) is 3.33. The number of urea groups is 1. The second-order valence-corrected chi connectivity index (χ2v) is 5.73. The van der Waals surface area contributed by atoms with Gasteiger partial charge in [-0.3, -0.25) is 4.90 Å². The molecule has 1 aromatic rings. The summed E-state index contributed by atoms with van der Waals surface area (Å²) in [5.74, 6) is -1.07. The average molecular weight is 290 g/mol. The van der Waals surface area contributed by atoms with Crippen LogP contribution in [0.15, 0.2) is 24.3 Å². The molecule has 0 saturated carbocycles. The number of carbonyl (C=O) groups is 2. The highest BCUT2D eigenvalue weighted by molar-refractivity contribution is 5.97. The molecule has 0 aliphatic carbocycles. The number of carboxylic acids is 1. The van der Waals surface area contributed by atoms with Gasteiger partial charge >= 0.3 is 12.0 Å². The number of fused-ring (bicyclic) bond motifs is 1. The van der Waals surface area contributed by atoms with Gasteiger partial charge in [-0.25, -0.2) is 9.59 Å². The number of aliphatic hydroxyl groups excluding tert-OH is 1. The topological polar surface area (TPSA) is 81.1 Å². The van der Waals surface area contributed by atoms with Crippen LogP contribution in [0.25, 0.3) is 0 Å². The molecule has 6 heteroatoms. The predicted octanol–water partition coefficient (Wildman–Crippen LogP) is 1.08. The van der Waals surface area contributed by atoms with Crippen molar-refractivity contribution in [3.05, 3.63) is 29.8 Å². The van der Waals surface area contributed by atoms with Crippen molar-refractivity contribution in [1.82, 2.24) is 4.90 Å². The van der Waals surface area contributed by atoms with E-state index in [-0.39, 0.29) is 25.0 Å². The maximum Gasteiger partial charge on any atom is 0.326 e. The Balaban J connectivity index is 1.90. The largest absolute Gasteiger partial charge is 0.480 e. The summed E-state index contributed by atoms with van der Waals surface area (Å²) in [6.45, 7) is 2.02. The molecule has 0 bridgehead atoms. The molecule has 112 valence electrons. The third-order valence-electron chi connectivity index (χ3n) is 4.22. The zero-order chi connectivity index (χ0) is 15.1. The quantitative estimate of drug-likeness (QED) is 0.811. The summed E-state index contributed by atoms with van der Waals surface area (Å²) < 4.78 is 0. The second-order valence-electron chi connectivity index (χ2n) is 5.73. The van der Waals surface area contributed by atoms with Gasteiger partial charge in [0.15, 0.2) is 0 Å². The molecule has 6 nitrogen and oxygen atoms in total. The van der Waals surface area contributed by atoms with E-state index in [2.05, 4.69) is 0 Å². The van der Waals surface area contributed by atoms with Crippen molar-refractivity contribution in [3.63, 3.8) is 0 Å². The molecule has 1 aromatic carbocycles. The second kappa shape index (κ2) is 5.04. The standard InChI is InChI=1S/C15H18N2O4/c1-9-6-10-4-2-3-5-12(10)17(9)15(21)16-8-11(18)7-13(16)14(19)20/h2-5,9,11,13,18H,6-8H2,1H3,(H,19,20)/t9?,11-,13+/m1/s1. The lowest BCUT2D eigenvalue weighted by Crippen LogP contribution is -2.50. The van der Waals surface area contributed by atoms with E-state index in [9.17, 15) is 19.8 Å². The van der Waals surface area contributed by atoms with Crippen molar-refractivity contribution in [1.29, 1.82) is 0 Å². The molecule has 2 N–H and O–H groups in total. The Bertz CT molecular complexity index is 589. The third-order valence-corrected chi connectivity index (χ3v) is 4.22. The van der Waals surface area contributed by atoms with Gasteiger partial charge in [0.05, 0.1) is 6.10 Å². The first-order chi connectivity index (χ1) is 9.99. The van der Waals surface area contributed by atoms with E-state index >= 15 is 0 Å². The number of hydrogen-bond donors (Lipinski definition) is 2. The fourth-order valence-corrected chi connectivity index (χ4v) is 3.25. The van der Waals surface area contributed by atoms with E-state index in [1.54, 1.807) is 4.90 Å². The number of benzene rings is 1. The molecule has 0 radical (unpaired) electrons. The smallest absolute Gasteiger partial charge is 0.326 e. The number of β-amino-alcohol motifs (C(OH)–C–C–N with tert-alkyl or cyclic N) is 1. The number of anilines is 1. The summed E-state index contributed by atoms with van der Waals surface area (Å²) in [5, 5.41) is 18.9. The lowest BCUT2D eigenvalue weighted by molar-refractivity contribution is -0.141. The van der Waals surface area contributed by atoms with E-state index in [0.29, 0.717) is 0 Å². The maximum atomic E-state index is 12.8. The monoisotopic (exact) mass is 290 g/mol. The van der Waals surface area contributed by atoms with Crippen molar-refractivity contribution in [2.75, 3.05) is 11.4 Å². The van der Waals surface area contributed by atoms with Crippen molar-refractivity contribution < 1.29 is 19.8 Å². The number of carboxylic acid groups (broad SMARTS) is 1. The van der Waals surface area contributed by atoms with Crippen LogP contribution in [0.3, 0.4) is 0 Å². The van der Waals surface area contributed by atoms with Crippen LogP contribution in [0, 0.1) is 0 Å². The van der Waals surface area contributed by atoms with E-state index in [1.807, 2.05) is 31.2 Å². The number of amides is 2. The summed E-state index contributed by atoms with van der Waals surface area (Å²) in [5.41, 5.74) is 1.92. The lowest BCUT2D eigenvalue weighted by atomic mass is 10.1. The first-order valence-electron chi connectivity index (χ1n) is 7.07. The van der Waals surface area contributed by atoms with Crippen molar-refractivity contribution in [3.8, 4) is 0 Å². The molecular formula is C15H18N2O4. The van der Waals surface area contributed by atoms with Crippen LogP contribution < -0.4 is 4.90 Å². The van der Waals surface area contributed by atoms with Gasteiger partial charge in [-0.2, -0.15) is 0 Å². The van der Waals surface area contributed by atoms with Crippen LogP contribution in [0.4, 0.5) is 10.5 Å². The van der Waals surface area contributed by atoms with Gasteiger partial charge in [-0.15, -0.1) is 0 Å². The Labute approximate surface area is 122 Å². The van der Waals surface area contributed by atoms with E-state index in [0.717, 1.165) is 17.7 Å². The molecule has 21 heavy (non-hydrogen) atoms. The number of para-hydroxylation sites is 1. The minimum atomic E-state index is -1.07. The molecule has 2 aliphatic rings. The Morgan fingerprint density at radius 1 is 1.29 bits per heavy atom. The van der Waals surface area contributed by atoms with E-state index in [1.165, 1.54) is 4.90 Å². The van der Waals surface area contributed by atoms with Crippen LogP contribution in [-0.2, 0) is 11.2 Å². The zero-order valence-electron chi connectivity index (χ0n) is 11.8.